The van der Waals surface area contributed by atoms with Crippen LogP contribution in [0.25, 0.3) is 0 Å². The van der Waals surface area contributed by atoms with Crippen molar-refractivity contribution < 1.29 is 24.2 Å². The van der Waals surface area contributed by atoms with E-state index in [4.69, 9.17) is 4.74 Å². The third-order valence-corrected chi connectivity index (χ3v) is 5.82. The van der Waals surface area contributed by atoms with E-state index in [0.29, 0.717) is 25.8 Å². The fraction of sp³-hybridized carbons (Fsp3) is 0.500. The number of carbonyl (C=O) groups is 3. The van der Waals surface area contributed by atoms with E-state index in [2.05, 4.69) is 18.5 Å². The van der Waals surface area contributed by atoms with Crippen molar-refractivity contribution in [2.24, 2.45) is 5.92 Å². The summed E-state index contributed by atoms with van der Waals surface area (Å²) in [5.74, 6) is -1.33. The molecule has 3 unspecified atom stereocenters. The monoisotopic (exact) mass is 456 g/mol. The van der Waals surface area contributed by atoms with Gasteiger partial charge in [0.15, 0.2) is 0 Å². The number of nitrogens with one attached hydrogen (secondary N) is 1. The number of carbonyl (C=O) groups excluding carboxylic acids is 3. The fourth-order valence-corrected chi connectivity index (χ4v) is 4.02. The summed E-state index contributed by atoms with van der Waals surface area (Å²) >= 11 is 0. The number of hydrogen-bond donors (Lipinski definition) is 2. The van der Waals surface area contributed by atoms with Gasteiger partial charge in [-0.05, 0) is 37.7 Å². The first kappa shape index (κ1) is 26.3. The van der Waals surface area contributed by atoms with Gasteiger partial charge in [-0.15, -0.1) is 13.2 Å². The molecule has 33 heavy (non-hydrogen) atoms. The summed E-state index contributed by atoms with van der Waals surface area (Å²) in [6, 6.07) is 9.04. The molecule has 0 aliphatic carbocycles. The highest BCUT2D eigenvalue weighted by atomic mass is 16.5. The number of rotatable bonds is 14. The summed E-state index contributed by atoms with van der Waals surface area (Å²) in [4.78, 5) is 39.6. The molecule has 0 radical (unpaired) electrons. The Balaban J connectivity index is 2.04. The molecule has 180 valence electrons. The minimum atomic E-state index is -0.579. The molecular formula is C26H36N2O5. The Bertz CT molecular complexity index is 795. The van der Waals surface area contributed by atoms with Crippen molar-refractivity contribution in [1.29, 1.82) is 0 Å². The van der Waals surface area contributed by atoms with E-state index in [1.165, 1.54) is 0 Å². The number of allylic oxidation sites excluding steroid dienone is 2. The molecule has 1 heterocycles. The van der Waals surface area contributed by atoms with Gasteiger partial charge >= 0.3 is 5.97 Å². The van der Waals surface area contributed by atoms with Crippen LogP contribution in [0.1, 0.15) is 44.1 Å². The van der Waals surface area contributed by atoms with Crippen LogP contribution >= 0.6 is 0 Å². The van der Waals surface area contributed by atoms with Crippen LogP contribution in [0.2, 0.25) is 0 Å². The molecule has 0 spiro atoms. The Kier molecular flexibility index (Phi) is 11.4. The number of benzene rings is 1. The molecule has 1 saturated heterocycles. The topological polar surface area (TPSA) is 95.9 Å². The number of aliphatic hydroxyl groups is 1. The van der Waals surface area contributed by atoms with Crippen molar-refractivity contribution >= 4 is 17.8 Å². The molecule has 3 atom stereocenters. The smallest absolute Gasteiger partial charge is 0.306 e. The quantitative estimate of drug-likeness (QED) is 0.332. The molecule has 0 bridgehead atoms. The second kappa shape index (κ2) is 14.3. The Morgan fingerprint density at radius 2 is 1.97 bits per heavy atom. The summed E-state index contributed by atoms with van der Waals surface area (Å²) in [6.45, 7) is 7.91. The molecule has 1 aliphatic heterocycles. The zero-order chi connectivity index (χ0) is 24.1. The number of likely N-dealkylation sites (tertiary alicyclic amines) is 1. The van der Waals surface area contributed by atoms with Gasteiger partial charge < -0.3 is 20.1 Å². The Morgan fingerprint density at radius 1 is 1.21 bits per heavy atom. The SMILES string of the molecule is C=CCCC(=O)OCC(Cc1ccccc1)NC(=O)C(CC=C)CC(=O)N1CCCC1CO. The standard InChI is InChI=1S/C26H36N2O5/c1-3-5-14-25(31)33-19-22(16-20-11-7-6-8-12-20)27-26(32)21(10-4-2)17-24(30)28-15-9-13-23(28)18-29/h3-4,6-8,11-12,21-23,29H,1-2,5,9-10,13-19H2,(H,27,32). The van der Waals surface area contributed by atoms with Gasteiger partial charge in [0.2, 0.25) is 11.8 Å². The normalized spacial score (nSPS) is 17.1. The summed E-state index contributed by atoms with van der Waals surface area (Å²) < 4.78 is 5.39. The third-order valence-electron chi connectivity index (χ3n) is 5.82. The van der Waals surface area contributed by atoms with Crippen LogP contribution in [0.5, 0.6) is 0 Å². The van der Waals surface area contributed by atoms with Crippen LogP contribution in [0, 0.1) is 5.92 Å². The Hall–Kier alpha value is -2.93. The second-order valence-electron chi connectivity index (χ2n) is 8.40. The Labute approximate surface area is 196 Å². The van der Waals surface area contributed by atoms with Crippen molar-refractivity contribution in [2.45, 2.75) is 57.0 Å². The van der Waals surface area contributed by atoms with E-state index in [-0.39, 0.29) is 49.9 Å². The maximum Gasteiger partial charge on any atom is 0.306 e. The van der Waals surface area contributed by atoms with E-state index >= 15 is 0 Å². The first-order chi connectivity index (χ1) is 16.0. The molecule has 1 aromatic carbocycles. The van der Waals surface area contributed by atoms with E-state index in [1.807, 2.05) is 30.3 Å². The summed E-state index contributed by atoms with van der Waals surface area (Å²) in [7, 11) is 0. The lowest BCUT2D eigenvalue weighted by Gasteiger charge is -2.26. The molecule has 2 amide bonds. The van der Waals surface area contributed by atoms with Gasteiger partial charge in [0.1, 0.15) is 6.61 Å². The largest absolute Gasteiger partial charge is 0.463 e. The van der Waals surface area contributed by atoms with Crippen molar-refractivity contribution in [1.82, 2.24) is 10.2 Å². The van der Waals surface area contributed by atoms with E-state index in [0.717, 1.165) is 18.4 Å². The molecule has 1 aromatic rings. The zero-order valence-electron chi connectivity index (χ0n) is 19.3. The lowest BCUT2D eigenvalue weighted by molar-refractivity contribution is -0.145. The van der Waals surface area contributed by atoms with Crippen LogP contribution < -0.4 is 5.32 Å². The molecule has 7 heteroatoms. The van der Waals surface area contributed by atoms with Crippen LogP contribution in [-0.4, -0.2) is 59.6 Å². The van der Waals surface area contributed by atoms with Crippen molar-refractivity contribution in [3.05, 3.63) is 61.2 Å². The van der Waals surface area contributed by atoms with Gasteiger partial charge in [-0.3, -0.25) is 14.4 Å². The lowest BCUT2D eigenvalue weighted by atomic mass is 9.98. The van der Waals surface area contributed by atoms with Gasteiger partial charge in [0, 0.05) is 19.4 Å². The zero-order valence-corrected chi connectivity index (χ0v) is 19.3. The maximum atomic E-state index is 13.1. The first-order valence-corrected chi connectivity index (χ1v) is 11.6. The highest BCUT2D eigenvalue weighted by Gasteiger charge is 2.31. The van der Waals surface area contributed by atoms with Crippen LogP contribution in [0.4, 0.5) is 0 Å². The average Bonchev–Trinajstić information content (AvgIpc) is 3.30. The molecular weight excluding hydrogens is 420 g/mol. The number of hydrogen-bond acceptors (Lipinski definition) is 5. The summed E-state index contributed by atoms with van der Waals surface area (Å²) in [6.07, 6.45) is 6.58. The number of esters is 1. The molecule has 2 rings (SSSR count). The lowest BCUT2D eigenvalue weighted by Crippen LogP contribution is -2.45. The predicted octanol–water partition coefficient (Wildman–Crippen LogP) is 2.79. The Morgan fingerprint density at radius 3 is 2.64 bits per heavy atom. The number of ether oxygens (including phenoxy) is 1. The molecule has 0 saturated carbocycles. The number of aliphatic hydroxyl groups excluding tert-OH is 1. The van der Waals surface area contributed by atoms with E-state index < -0.39 is 12.0 Å². The minimum Gasteiger partial charge on any atom is -0.463 e. The van der Waals surface area contributed by atoms with Gasteiger partial charge in [0.25, 0.3) is 0 Å². The first-order valence-electron chi connectivity index (χ1n) is 11.6. The van der Waals surface area contributed by atoms with Crippen molar-refractivity contribution in [3.63, 3.8) is 0 Å². The highest BCUT2D eigenvalue weighted by Crippen LogP contribution is 2.21. The summed E-state index contributed by atoms with van der Waals surface area (Å²) in [5.41, 5.74) is 1.00. The molecule has 0 aromatic heterocycles. The van der Waals surface area contributed by atoms with Gasteiger partial charge in [-0.1, -0.05) is 42.5 Å². The van der Waals surface area contributed by atoms with Gasteiger partial charge in [-0.25, -0.2) is 0 Å². The minimum absolute atomic E-state index is 0.0457. The van der Waals surface area contributed by atoms with E-state index in [1.54, 1.807) is 17.1 Å². The van der Waals surface area contributed by atoms with E-state index in [9.17, 15) is 19.5 Å². The third kappa shape index (κ3) is 8.85. The molecule has 7 nitrogen and oxygen atoms in total. The van der Waals surface area contributed by atoms with Crippen LogP contribution in [0.15, 0.2) is 55.6 Å². The van der Waals surface area contributed by atoms with Crippen molar-refractivity contribution in [3.8, 4) is 0 Å². The maximum absolute atomic E-state index is 13.1. The van der Waals surface area contributed by atoms with Gasteiger partial charge in [0.05, 0.1) is 24.6 Å². The highest BCUT2D eigenvalue weighted by molar-refractivity contribution is 5.86. The average molecular weight is 457 g/mol. The predicted molar refractivity (Wildman–Crippen MR) is 127 cm³/mol. The number of nitrogens with zero attached hydrogens (tertiary/aromatic N) is 1. The molecule has 1 aliphatic rings. The fourth-order valence-electron chi connectivity index (χ4n) is 4.02. The molecule has 2 N–H and O–H groups in total. The molecule has 1 fully saturated rings. The van der Waals surface area contributed by atoms with Crippen LogP contribution in [0.3, 0.4) is 0 Å². The van der Waals surface area contributed by atoms with Crippen LogP contribution in [-0.2, 0) is 25.5 Å². The second-order valence-corrected chi connectivity index (χ2v) is 8.40. The van der Waals surface area contributed by atoms with Crippen molar-refractivity contribution in [2.75, 3.05) is 19.8 Å². The summed E-state index contributed by atoms with van der Waals surface area (Å²) in [5, 5.41) is 12.5. The number of amides is 2. The van der Waals surface area contributed by atoms with Gasteiger partial charge in [-0.2, -0.15) is 0 Å².